The minimum atomic E-state index is -4.51. The summed E-state index contributed by atoms with van der Waals surface area (Å²) >= 11 is 0. The number of carbonyl (C=O) groups excluding carboxylic acids is 2. The quantitative estimate of drug-likeness (QED) is 0.759. The molecule has 146 valence electrons. The van der Waals surface area contributed by atoms with Gasteiger partial charge in [-0.2, -0.15) is 13.2 Å². The number of pyridine rings is 1. The molecule has 3 heterocycles. The van der Waals surface area contributed by atoms with Crippen LogP contribution in [0, 0.1) is 11.8 Å². The van der Waals surface area contributed by atoms with Gasteiger partial charge in [0.1, 0.15) is 0 Å². The summed E-state index contributed by atoms with van der Waals surface area (Å²) in [4.78, 5) is 30.1. The summed E-state index contributed by atoms with van der Waals surface area (Å²) < 4.78 is 38.9. The van der Waals surface area contributed by atoms with Gasteiger partial charge in [0.15, 0.2) is 0 Å². The second-order valence-electron chi connectivity index (χ2n) is 7.25. The third-order valence-corrected chi connectivity index (χ3v) is 5.27. The number of nitrogens with zero attached hydrogens (tertiary/aromatic N) is 2. The molecule has 2 amide bonds. The van der Waals surface area contributed by atoms with Crippen molar-refractivity contribution in [2.75, 3.05) is 18.4 Å². The first-order valence-electron chi connectivity index (χ1n) is 9.03. The second kappa shape index (κ2) is 7.70. The van der Waals surface area contributed by atoms with E-state index in [1.807, 2.05) is 0 Å². The topological polar surface area (TPSA) is 62.3 Å². The summed E-state index contributed by atoms with van der Waals surface area (Å²) in [5.41, 5.74) is -0.274. The molecule has 1 unspecified atom stereocenters. The zero-order valence-corrected chi connectivity index (χ0v) is 14.9. The molecule has 0 aromatic carbocycles. The van der Waals surface area contributed by atoms with Crippen molar-refractivity contribution in [1.29, 1.82) is 0 Å². The van der Waals surface area contributed by atoms with Crippen LogP contribution < -0.4 is 5.32 Å². The smallest absolute Gasteiger partial charge is 0.339 e. The largest absolute Gasteiger partial charge is 0.417 e. The molecule has 2 bridgehead atoms. The van der Waals surface area contributed by atoms with E-state index < -0.39 is 11.7 Å². The predicted octanol–water partition coefficient (Wildman–Crippen LogP) is 3.42. The molecular weight excluding hydrogens is 359 g/mol. The number of hydrogen-bond acceptors (Lipinski definition) is 3. The van der Waals surface area contributed by atoms with E-state index in [0.29, 0.717) is 31.1 Å². The van der Waals surface area contributed by atoms with Gasteiger partial charge in [-0.05, 0) is 49.7 Å². The Morgan fingerprint density at radius 2 is 2.11 bits per heavy atom. The van der Waals surface area contributed by atoms with Crippen LogP contribution in [0.25, 0.3) is 0 Å². The SMILES string of the molecule is C=CC(=O)N1CCC2CCc3ncc(C(F)(F)F)cc3NC(=O)C[C@@H](C2)C1. The van der Waals surface area contributed by atoms with E-state index in [9.17, 15) is 22.8 Å². The molecule has 1 N–H and O–H groups in total. The Morgan fingerprint density at radius 1 is 1.33 bits per heavy atom. The van der Waals surface area contributed by atoms with Crippen LogP contribution in [-0.2, 0) is 22.2 Å². The Hall–Kier alpha value is -2.38. The van der Waals surface area contributed by atoms with Crippen LogP contribution >= 0.6 is 0 Å². The molecule has 2 aliphatic heterocycles. The number of hydrogen-bond donors (Lipinski definition) is 1. The Bertz CT molecular complexity index is 748. The number of alkyl halides is 3. The molecule has 1 aromatic rings. The highest BCUT2D eigenvalue weighted by atomic mass is 19.4. The maximum Gasteiger partial charge on any atom is 0.417 e. The van der Waals surface area contributed by atoms with Crippen molar-refractivity contribution in [3.8, 4) is 0 Å². The lowest BCUT2D eigenvalue weighted by atomic mass is 9.87. The predicted molar refractivity (Wildman–Crippen MR) is 93.8 cm³/mol. The normalized spacial score (nSPS) is 23.7. The molecular formula is C19H22F3N3O2. The second-order valence-corrected chi connectivity index (χ2v) is 7.25. The maximum atomic E-state index is 13.0. The molecule has 2 aliphatic rings. The first-order chi connectivity index (χ1) is 12.8. The summed E-state index contributed by atoms with van der Waals surface area (Å²) in [6.45, 7) is 4.58. The van der Waals surface area contributed by atoms with Crippen LogP contribution in [0.1, 0.15) is 36.9 Å². The van der Waals surface area contributed by atoms with Crippen LogP contribution in [-0.4, -0.2) is 34.8 Å². The monoisotopic (exact) mass is 381 g/mol. The molecule has 0 spiro atoms. The Balaban J connectivity index is 1.86. The molecule has 1 saturated heterocycles. The minimum Gasteiger partial charge on any atom is -0.339 e. The molecule has 0 radical (unpaired) electrons. The molecule has 1 aromatic heterocycles. The summed E-state index contributed by atoms with van der Waals surface area (Å²) in [5, 5.41) is 2.60. The number of nitrogens with one attached hydrogen (secondary N) is 1. The summed E-state index contributed by atoms with van der Waals surface area (Å²) in [6.07, 6.45) is 0.590. The highest BCUT2D eigenvalue weighted by Gasteiger charge is 2.33. The number of carbonyl (C=O) groups is 2. The average Bonchev–Trinajstić information content (AvgIpc) is 2.80. The van der Waals surface area contributed by atoms with Gasteiger partial charge in [-0.3, -0.25) is 14.6 Å². The van der Waals surface area contributed by atoms with Crippen molar-refractivity contribution in [3.63, 3.8) is 0 Å². The highest BCUT2D eigenvalue weighted by molar-refractivity contribution is 5.91. The first kappa shape index (κ1) is 19.4. The lowest BCUT2D eigenvalue weighted by Crippen LogP contribution is -2.34. The first-order valence-corrected chi connectivity index (χ1v) is 9.03. The van der Waals surface area contributed by atoms with Crippen LogP contribution in [0.4, 0.5) is 18.9 Å². The van der Waals surface area contributed by atoms with E-state index in [1.165, 1.54) is 6.08 Å². The third-order valence-electron chi connectivity index (χ3n) is 5.27. The van der Waals surface area contributed by atoms with Crippen LogP contribution in [0.15, 0.2) is 24.9 Å². The van der Waals surface area contributed by atoms with Crippen LogP contribution in [0.3, 0.4) is 0 Å². The molecule has 5 nitrogen and oxygen atoms in total. The molecule has 3 rings (SSSR count). The van der Waals surface area contributed by atoms with Crippen molar-refractivity contribution >= 4 is 17.5 Å². The minimum absolute atomic E-state index is 0.0262. The van der Waals surface area contributed by atoms with Gasteiger partial charge in [0.2, 0.25) is 11.8 Å². The average molecular weight is 381 g/mol. The van der Waals surface area contributed by atoms with Gasteiger partial charge >= 0.3 is 6.18 Å². The molecule has 0 saturated carbocycles. The van der Waals surface area contributed by atoms with Crippen LogP contribution in [0.2, 0.25) is 0 Å². The van der Waals surface area contributed by atoms with Gasteiger partial charge in [-0.15, -0.1) is 0 Å². The third kappa shape index (κ3) is 4.67. The maximum absolute atomic E-state index is 13.0. The summed E-state index contributed by atoms with van der Waals surface area (Å²) in [7, 11) is 0. The Morgan fingerprint density at radius 3 is 2.81 bits per heavy atom. The number of fused-ring (bicyclic) bond motifs is 3. The van der Waals surface area contributed by atoms with Crippen molar-refractivity contribution in [1.82, 2.24) is 9.88 Å². The number of rotatable bonds is 1. The van der Waals surface area contributed by atoms with Gasteiger partial charge in [0, 0.05) is 25.7 Å². The van der Waals surface area contributed by atoms with E-state index in [0.717, 1.165) is 31.5 Å². The number of halogens is 3. The molecule has 1 fully saturated rings. The fourth-order valence-electron chi connectivity index (χ4n) is 3.90. The standard InChI is InChI=1S/C19H22F3N3O2/c1-2-18(27)25-6-5-12-3-4-15-16(9-14(10-23-15)19(20,21)22)24-17(26)8-13(7-12)11-25/h2,9-10,12-13H,1,3-8,11H2,(H,24,26)/t12?,13-/m1/s1. The summed E-state index contributed by atoms with van der Waals surface area (Å²) in [6, 6.07) is 0.957. The van der Waals surface area contributed by atoms with E-state index in [-0.39, 0.29) is 29.8 Å². The van der Waals surface area contributed by atoms with E-state index in [2.05, 4.69) is 16.9 Å². The summed E-state index contributed by atoms with van der Waals surface area (Å²) in [5.74, 6) is -0.242. The highest BCUT2D eigenvalue weighted by Crippen LogP contribution is 2.34. The number of aryl methyl sites for hydroxylation is 1. The fraction of sp³-hybridized carbons (Fsp3) is 0.526. The Labute approximate surface area is 155 Å². The number of likely N-dealkylation sites (tertiary alicyclic amines) is 1. The molecule has 0 aliphatic carbocycles. The van der Waals surface area contributed by atoms with Gasteiger partial charge in [-0.25, -0.2) is 0 Å². The van der Waals surface area contributed by atoms with Crippen molar-refractivity contribution in [3.05, 3.63) is 36.2 Å². The number of anilines is 1. The van der Waals surface area contributed by atoms with Gasteiger partial charge in [-0.1, -0.05) is 6.58 Å². The zero-order chi connectivity index (χ0) is 19.6. The lowest BCUT2D eigenvalue weighted by Gasteiger charge is -2.24. The lowest BCUT2D eigenvalue weighted by molar-refractivity contribution is -0.137. The zero-order valence-electron chi connectivity index (χ0n) is 14.9. The molecule has 8 heteroatoms. The fourth-order valence-corrected chi connectivity index (χ4v) is 3.90. The van der Waals surface area contributed by atoms with Crippen molar-refractivity contribution < 1.29 is 22.8 Å². The number of aromatic nitrogens is 1. The van der Waals surface area contributed by atoms with Crippen LogP contribution in [0.5, 0.6) is 0 Å². The number of amides is 2. The van der Waals surface area contributed by atoms with Gasteiger partial charge in [0.05, 0.1) is 16.9 Å². The molecule has 27 heavy (non-hydrogen) atoms. The van der Waals surface area contributed by atoms with Crippen molar-refractivity contribution in [2.24, 2.45) is 11.8 Å². The van der Waals surface area contributed by atoms with Crippen molar-refractivity contribution in [2.45, 2.75) is 38.3 Å². The molecule has 2 atom stereocenters. The Kier molecular flexibility index (Phi) is 5.53. The van der Waals surface area contributed by atoms with Gasteiger partial charge < -0.3 is 10.2 Å². The van der Waals surface area contributed by atoms with E-state index >= 15 is 0 Å². The van der Waals surface area contributed by atoms with Gasteiger partial charge in [0.25, 0.3) is 0 Å². The van der Waals surface area contributed by atoms with E-state index in [4.69, 9.17) is 0 Å². The van der Waals surface area contributed by atoms with E-state index in [1.54, 1.807) is 4.90 Å².